The molecule has 2 nitrogen and oxygen atoms in total. The summed E-state index contributed by atoms with van der Waals surface area (Å²) in [6.07, 6.45) is 14.0. The molecule has 2 fully saturated rings. The van der Waals surface area contributed by atoms with Gasteiger partial charge in [0.25, 0.3) is 0 Å². The Morgan fingerprint density at radius 3 is 2.64 bits per heavy atom. The summed E-state index contributed by atoms with van der Waals surface area (Å²) in [5.74, 6) is 4.41. The number of aliphatic hydroxyl groups excluding tert-OH is 1. The molecule has 5 rings (SSSR count). The maximum atomic E-state index is 12.0. The summed E-state index contributed by atoms with van der Waals surface area (Å²) in [5.41, 5.74) is 6.53. The van der Waals surface area contributed by atoms with Crippen LogP contribution in [-0.4, -0.2) is 17.0 Å². The van der Waals surface area contributed by atoms with E-state index in [1.54, 1.807) is 5.57 Å². The number of allylic oxidation sites excluding steroid dienone is 4. The second-order valence-corrected chi connectivity index (χ2v) is 9.44. The van der Waals surface area contributed by atoms with Crippen molar-refractivity contribution >= 4 is 5.78 Å². The molecule has 1 aromatic rings. The molecule has 0 radical (unpaired) electrons. The van der Waals surface area contributed by atoms with E-state index < -0.39 is 0 Å². The number of terminal acetylenes is 1. The maximum absolute atomic E-state index is 12.0. The summed E-state index contributed by atoms with van der Waals surface area (Å²) < 4.78 is 0. The van der Waals surface area contributed by atoms with E-state index in [-0.39, 0.29) is 17.3 Å². The summed E-state index contributed by atoms with van der Waals surface area (Å²) >= 11 is 0. The molecule has 1 aromatic carbocycles. The molecular weight excluding hydrogens is 344 g/mol. The van der Waals surface area contributed by atoms with Gasteiger partial charge in [0, 0.05) is 17.9 Å². The summed E-state index contributed by atoms with van der Waals surface area (Å²) in [6, 6.07) is 8.45. The normalized spacial score (nSPS) is 36.9. The Labute approximate surface area is 167 Å². The van der Waals surface area contributed by atoms with Crippen molar-refractivity contribution in [2.45, 2.75) is 63.9 Å². The Kier molecular flexibility index (Phi) is 4.14. The van der Waals surface area contributed by atoms with Gasteiger partial charge in [-0.2, -0.15) is 0 Å². The van der Waals surface area contributed by atoms with Crippen LogP contribution in [0.15, 0.2) is 47.1 Å². The van der Waals surface area contributed by atoms with Crippen LogP contribution in [-0.2, 0) is 4.79 Å². The monoisotopic (exact) mass is 372 g/mol. The van der Waals surface area contributed by atoms with Crippen LogP contribution in [0.5, 0.6) is 0 Å². The lowest BCUT2D eigenvalue weighted by molar-refractivity contribution is -0.114. The number of aliphatic hydroxyl groups is 1. The van der Waals surface area contributed by atoms with Crippen LogP contribution in [0.4, 0.5) is 0 Å². The van der Waals surface area contributed by atoms with Gasteiger partial charge in [0.2, 0.25) is 0 Å². The second kappa shape index (κ2) is 6.46. The lowest BCUT2D eigenvalue weighted by atomic mass is 9.53. The van der Waals surface area contributed by atoms with E-state index in [1.165, 1.54) is 16.7 Å². The van der Waals surface area contributed by atoms with Gasteiger partial charge in [-0.15, -0.1) is 6.42 Å². The molecule has 0 heterocycles. The van der Waals surface area contributed by atoms with Crippen LogP contribution in [0.25, 0.3) is 0 Å². The molecule has 2 saturated carbocycles. The SMILES string of the molecule is C#Cc1ccc([C@H]2C[C@@]3(C)C(O)CC[C@H]3[C@@H]3CCC4=CC(=O)CCC4=C32)cc1. The van der Waals surface area contributed by atoms with Crippen molar-refractivity contribution in [1.82, 2.24) is 0 Å². The predicted octanol–water partition coefficient (Wildman–Crippen LogP) is 4.93. The second-order valence-electron chi connectivity index (χ2n) is 9.44. The number of hydrogen-bond donors (Lipinski definition) is 1. The fraction of sp³-hybridized carbons (Fsp3) is 0.500. The molecule has 2 heteroatoms. The highest BCUT2D eigenvalue weighted by Gasteiger charge is 2.56. The molecule has 144 valence electrons. The number of ketones is 1. The van der Waals surface area contributed by atoms with Crippen molar-refractivity contribution in [3.05, 3.63) is 58.2 Å². The molecule has 0 spiro atoms. The van der Waals surface area contributed by atoms with Gasteiger partial charge < -0.3 is 5.11 Å². The van der Waals surface area contributed by atoms with E-state index in [1.807, 2.05) is 18.2 Å². The fourth-order valence-corrected chi connectivity index (χ4v) is 6.74. The van der Waals surface area contributed by atoms with E-state index in [0.717, 1.165) is 44.1 Å². The zero-order chi connectivity index (χ0) is 19.5. The minimum atomic E-state index is -0.207. The summed E-state index contributed by atoms with van der Waals surface area (Å²) in [5, 5.41) is 10.9. The summed E-state index contributed by atoms with van der Waals surface area (Å²) in [7, 11) is 0. The van der Waals surface area contributed by atoms with Gasteiger partial charge in [-0.1, -0.05) is 30.6 Å². The van der Waals surface area contributed by atoms with Crippen molar-refractivity contribution in [3.8, 4) is 12.3 Å². The first-order chi connectivity index (χ1) is 13.5. The standard InChI is InChI=1S/C26H28O2/c1-3-16-4-6-17(7-5-16)22-15-26(2)23(12-13-24(26)28)21-10-8-18-14-19(27)9-11-20(18)25(21)22/h1,4-7,14,21-24,28H,8-13,15H2,2H3/t21-,22+,23-,24?,26+/m0/s1. The lowest BCUT2D eigenvalue weighted by Crippen LogP contribution is -2.45. The average molecular weight is 373 g/mol. The van der Waals surface area contributed by atoms with E-state index in [0.29, 0.717) is 24.2 Å². The van der Waals surface area contributed by atoms with Gasteiger partial charge >= 0.3 is 0 Å². The highest BCUT2D eigenvalue weighted by atomic mass is 16.3. The Morgan fingerprint density at radius 2 is 1.89 bits per heavy atom. The van der Waals surface area contributed by atoms with E-state index >= 15 is 0 Å². The van der Waals surface area contributed by atoms with E-state index in [9.17, 15) is 9.90 Å². The Morgan fingerprint density at radius 1 is 1.11 bits per heavy atom. The van der Waals surface area contributed by atoms with Gasteiger partial charge in [-0.25, -0.2) is 0 Å². The van der Waals surface area contributed by atoms with Crippen LogP contribution in [0.1, 0.15) is 68.9 Å². The van der Waals surface area contributed by atoms with Crippen LogP contribution < -0.4 is 0 Å². The highest BCUT2D eigenvalue weighted by molar-refractivity contribution is 5.93. The topological polar surface area (TPSA) is 37.3 Å². The molecule has 0 aromatic heterocycles. The van der Waals surface area contributed by atoms with E-state index in [2.05, 4.69) is 25.0 Å². The molecule has 4 aliphatic rings. The average Bonchev–Trinajstić information content (AvgIpc) is 3.01. The molecule has 4 aliphatic carbocycles. The van der Waals surface area contributed by atoms with Gasteiger partial charge in [-0.05, 0) is 90.7 Å². The zero-order valence-electron chi connectivity index (χ0n) is 16.6. The van der Waals surface area contributed by atoms with Crippen molar-refractivity contribution < 1.29 is 9.90 Å². The van der Waals surface area contributed by atoms with E-state index in [4.69, 9.17) is 6.42 Å². The number of benzene rings is 1. The van der Waals surface area contributed by atoms with Crippen LogP contribution in [0.3, 0.4) is 0 Å². The minimum absolute atomic E-state index is 0.0180. The molecule has 0 saturated heterocycles. The molecule has 0 bridgehead atoms. The van der Waals surface area contributed by atoms with Crippen molar-refractivity contribution in [2.75, 3.05) is 0 Å². The molecule has 1 N–H and O–H groups in total. The van der Waals surface area contributed by atoms with Gasteiger partial charge in [-0.3, -0.25) is 4.79 Å². The largest absolute Gasteiger partial charge is 0.393 e. The number of hydrogen-bond acceptors (Lipinski definition) is 2. The molecular formula is C26H28O2. The number of rotatable bonds is 1. The van der Waals surface area contributed by atoms with Gasteiger partial charge in [0.15, 0.2) is 5.78 Å². The first-order valence-corrected chi connectivity index (χ1v) is 10.7. The molecule has 5 atom stereocenters. The predicted molar refractivity (Wildman–Crippen MR) is 111 cm³/mol. The van der Waals surface area contributed by atoms with Crippen molar-refractivity contribution in [1.29, 1.82) is 0 Å². The first kappa shape index (κ1) is 18.0. The van der Waals surface area contributed by atoms with Crippen LogP contribution >= 0.6 is 0 Å². The third-order valence-electron chi connectivity index (χ3n) is 8.16. The summed E-state index contributed by atoms with van der Waals surface area (Å²) in [6.45, 7) is 2.31. The Balaban J connectivity index is 1.67. The number of carbonyl (C=O) groups excluding carboxylic acids is 1. The van der Waals surface area contributed by atoms with Gasteiger partial charge in [0.05, 0.1) is 6.10 Å². The van der Waals surface area contributed by atoms with Crippen LogP contribution in [0, 0.1) is 29.6 Å². The highest BCUT2D eigenvalue weighted by Crippen LogP contribution is 2.63. The number of fused-ring (bicyclic) bond motifs is 4. The maximum Gasteiger partial charge on any atom is 0.156 e. The van der Waals surface area contributed by atoms with Crippen LogP contribution in [0.2, 0.25) is 0 Å². The summed E-state index contributed by atoms with van der Waals surface area (Å²) in [4.78, 5) is 12.0. The lowest BCUT2D eigenvalue weighted by Gasteiger charge is -2.52. The van der Waals surface area contributed by atoms with Crippen molar-refractivity contribution in [2.24, 2.45) is 17.3 Å². The molecule has 28 heavy (non-hydrogen) atoms. The smallest absolute Gasteiger partial charge is 0.156 e. The Bertz CT molecular complexity index is 926. The fourth-order valence-electron chi connectivity index (χ4n) is 6.74. The molecule has 0 amide bonds. The minimum Gasteiger partial charge on any atom is -0.393 e. The molecule has 0 aliphatic heterocycles. The zero-order valence-corrected chi connectivity index (χ0v) is 16.6. The van der Waals surface area contributed by atoms with Gasteiger partial charge in [0.1, 0.15) is 0 Å². The first-order valence-electron chi connectivity index (χ1n) is 10.7. The third kappa shape index (κ3) is 2.56. The molecule has 1 unspecified atom stereocenters. The van der Waals surface area contributed by atoms with Crippen molar-refractivity contribution in [3.63, 3.8) is 0 Å². The number of carbonyl (C=O) groups is 1. The quantitative estimate of drug-likeness (QED) is 0.710. The third-order valence-corrected chi connectivity index (χ3v) is 8.16. The Hall–Kier alpha value is -2.11.